The van der Waals surface area contributed by atoms with Gasteiger partial charge in [0.15, 0.2) is 17.2 Å². The van der Waals surface area contributed by atoms with E-state index in [1.165, 1.54) is 35.5 Å². The molecule has 0 aromatic heterocycles. The summed E-state index contributed by atoms with van der Waals surface area (Å²) >= 11 is 0. The highest BCUT2D eigenvalue weighted by Crippen LogP contribution is 2.58. The number of hydrogen-bond donors (Lipinski definition) is 1. The molecule has 1 aliphatic carbocycles. The fraction of sp³-hybridized carbons (Fsp3) is 0.478. The minimum absolute atomic E-state index is 0.0807. The monoisotopic (exact) mass is 447 g/mol. The highest BCUT2D eigenvalue weighted by atomic mass is 16.6. The summed E-state index contributed by atoms with van der Waals surface area (Å²) in [6.45, 7) is 4.13. The van der Waals surface area contributed by atoms with Crippen molar-refractivity contribution >= 4 is 5.69 Å². The zero-order valence-electron chi connectivity index (χ0n) is 19.4. The van der Waals surface area contributed by atoms with Crippen LogP contribution < -0.4 is 23.7 Å². The maximum atomic E-state index is 12.2. The number of benzene rings is 2. The predicted molar refractivity (Wildman–Crippen MR) is 119 cm³/mol. The topological polar surface area (TPSA) is 110 Å². The van der Waals surface area contributed by atoms with E-state index in [0.717, 1.165) is 5.56 Å². The van der Waals surface area contributed by atoms with Gasteiger partial charge in [-0.1, -0.05) is 13.8 Å². The van der Waals surface area contributed by atoms with Gasteiger partial charge in [-0.15, -0.1) is 0 Å². The van der Waals surface area contributed by atoms with E-state index in [2.05, 4.69) is 6.92 Å². The number of fused-ring (bicyclic) bond motifs is 3. The molecule has 9 nitrogen and oxygen atoms in total. The maximum absolute atomic E-state index is 12.2. The molecule has 174 valence electrons. The van der Waals surface area contributed by atoms with E-state index in [1.54, 1.807) is 0 Å². The molecule has 0 bridgehead atoms. The zero-order chi connectivity index (χ0) is 23.7. The second-order valence-corrected chi connectivity index (χ2v) is 7.92. The minimum atomic E-state index is -0.495. The van der Waals surface area contributed by atoms with Gasteiger partial charge in [-0.05, 0) is 36.3 Å². The van der Waals surface area contributed by atoms with Crippen molar-refractivity contribution in [1.29, 1.82) is 0 Å². The predicted octanol–water partition coefficient (Wildman–Crippen LogP) is 4.38. The van der Waals surface area contributed by atoms with Crippen molar-refractivity contribution in [2.45, 2.75) is 26.7 Å². The summed E-state index contributed by atoms with van der Waals surface area (Å²) in [5.41, 5.74) is 1.73. The van der Waals surface area contributed by atoms with Gasteiger partial charge >= 0.3 is 5.69 Å². The summed E-state index contributed by atoms with van der Waals surface area (Å²) < 4.78 is 27.5. The highest BCUT2D eigenvalue weighted by Gasteiger charge is 2.39. The number of methoxy groups -OCH3 is 5. The van der Waals surface area contributed by atoms with Gasteiger partial charge in [0.1, 0.15) is 0 Å². The molecule has 0 saturated carbocycles. The molecule has 0 aliphatic heterocycles. The quantitative estimate of drug-likeness (QED) is 0.513. The number of phenols is 1. The Bertz CT molecular complexity index is 1050. The first kappa shape index (κ1) is 23.3. The molecule has 1 aliphatic rings. The van der Waals surface area contributed by atoms with E-state index in [0.29, 0.717) is 41.2 Å². The lowest BCUT2D eigenvalue weighted by Gasteiger charge is -2.30. The number of rotatable bonds is 6. The van der Waals surface area contributed by atoms with Gasteiger partial charge in [-0.2, -0.15) is 0 Å². The number of phenolic OH excluding ortho intramolecular Hbond substituents is 1. The summed E-state index contributed by atoms with van der Waals surface area (Å²) in [6, 6.07) is 1.83. The van der Waals surface area contributed by atoms with E-state index < -0.39 is 4.92 Å². The average Bonchev–Trinajstić information content (AvgIpc) is 2.77. The summed E-state index contributed by atoms with van der Waals surface area (Å²) in [5, 5.41) is 23.5. The van der Waals surface area contributed by atoms with Gasteiger partial charge in [-0.3, -0.25) is 10.1 Å². The average molecular weight is 447 g/mol. The lowest BCUT2D eigenvalue weighted by atomic mass is 9.77. The van der Waals surface area contributed by atoms with Crippen LogP contribution in [-0.2, 0) is 12.8 Å². The lowest BCUT2D eigenvalue weighted by Crippen LogP contribution is -2.19. The van der Waals surface area contributed by atoms with Crippen LogP contribution in [0.3, 0.4) is 0 Å². The molecular formula is C23H29NO8. The van der Waals surface area contributed by atoms with Gasteiger partial charge in [-0.25, -0.2) is 0 Å². The van der Waals surface area contributed by atoms with E-state index in [9.17, 15) is 15.2 Å². The van der Waals surface area contributed by atoms with Crippen LogP contribution in [0, 0.1) is 22.0 Å². The Morgan fingerprint density at radius 3 is 1.91 bits per heavy atom. The molecule has 2 aromatic carbocycles. The normalized spacial score (nSPS) is 17.3. The Hall–Kier alpha value is -3.36. The number of nitro benzene ring substituents is 1. The first-order valence-corrected chi connectivity index (χ1v) is 10.2. The number of nitrogens with zero attached hydrogens (tertiary/aromatic N) is 1. The van der Waals surface area contributed by atoms with E-state index in [4.69, 9.17) is 23.7 Å². The number of aromatic hydroxyl groups is 1. The summed E-state index contributed by atoms with van der Waals surface area (Å²) in [7, 11) is 7.14. The van der Waals surface area contributed by atoms with Gasteiger partial charge in [0.05, 0.1) is 40.5 Å². The van der Waals surface area contributed by atoms with Gasteiger partial charge in [0, 0.05) is 16.7 Å². The van der Waals surface area contributed by atoms with Crippen molar-refractivity contribution < 1.29 is 33.7 Å². The van der Waals surface area contributed by atoms with Crippen LogP contribution in [0.4, 0.5) is 5.69 Å². The van der Waals surface area contributed by atoms with Crippen molar-refractivity contribution in [2.75, 3.05) is 35.5 Å². The van der Waals surface area contributed by atoms with Crippen molar-refractivity contribution in [2.24, 2.45) is 11.8 Å². The van der Waals surface area contributed by atoms with Crippen molar-refractivity contribution in [3.05, 3.63) is 27.3 Å². The molecule has 32 heavy (non-hydrogen) atoms. The molecular weight excluding hydrogens is 418 g/mol. The van der Waals surface area contributed by atoms with Crippen LogP contribution in [0.2, 0.25) is 0 Å². The molecule has 2 unspecified atom stereocenters. The molecule has 0 spiro atoms. The smallest absolute Gasteiger partial charge is 0.318 e. The van der Waals surface area contributed by atoms with Crippen molar-refractivity contribution in [3.63, 3.8) is 0 Å². The van der Waals surface area contributed by atoms with Crippen LogP contribution in [0.1, 0.15) is 25.0 Å². The first-order chi connectivity index (χ1) is 15.2. The molecule has 0 radical (unpaired) electrons. The minimum Gasteiger partial charge on any atom is -0.504 e. The Labute approximate surface area is 187 Å². The molecule has 2 aromatic rings. The maximum Gasteiger partial charge on any atom is 0.318 e. The molecule has 9 heteroatoms. The van der Waals surface area contributed by atoms with Crippen molar-refractivity contribution in [3.8, 4) is 45.6 Å². The Morgan fingerprint density at radius 2 is 1.41 bits per heavy atom. The largest absolute Gasteiger partial charge is 0.504 e. The number of ether oxygens (including phenoxy) is 5. The van der Waals surface area contributed by atoms with E-state index in [1.807, 2.05) is 13.0 Å². The fourth-order valence-corrected chi connectivity index (χ4v) is 4.48. The van der Waals surface area contributed by atoms with Gasteiger partial charge in [0.2, 0.25) is 17.2 Å². The molecule has 0 amide bonds. The highest BCUT2D eigenvalue weighted by molar-refractivity contribution is 5.91. The number of hydrogen-bond acceptors (Lipinski definition) is 8. The van der Waals surface area contributed by atoms with Crippen LogP contribution in [-0.4, -0.2) is 45.6 Å². The molecule has 3 rings (SSSR count). The van der Waals surface area contributed by atoms with Crippen LogP contribution in [0.15, 0.2) is 6.07 Å². The van der Waals surface area contributed by atoms with Gasteiger partial charge in [0.25, 0.3) is 0 Å². The van der Waals surface area contributed by atoms with E-state index >= 15 is 0 Å². The molecule has 0 fully saturated rings. The van der Waals surface area contributed by atoms with Crippen LogP contribution in [0.25, 0.3) is 11.1 Å². The molecule has 0 saturated heterocycles. The molecule has 0 heterocycles. The Kier molecular flexibility index (Phi) is 6.57. The molecule has 2 atom stereocenters. The van der Waals surface area contributed by atoms with Crippen molar-refractivity contribution in [1.82, 2.24) is 0 Å². The third-order valence-electron chi connectivity index (χ3n) is 6.25. The standard InChI is InChI=1S/C23H29NO8/c1-11-8-13-10-15(28-3)20(29-4)21(30-5)16(13)17-14(9-12(11)2)18(24(26)27)22(31-6)23(32-7)19(17)25/h10-12,25H,8-9H2,1-7H3. The van der Waals surface area contributed by atoms with Gasteiger partial charge < -0.3 is 28.8 Å². The second-order valence-electron chi connectivity index (χ2n) is 7.92. The third-order valence-corrected chi connectivity index (χ3v) is 6.25. The third kappa shape index (κ3) is 3.51. The lowest BCUT2D eigenvalue weighted by molar-refractivity contribution is -0.386. The SMILES string of the molecule is COc1cc2c(c(OC)c1OC)-c1c(O)c(OC)c(OC)c([N+](=O)[O-])c1CC(C)C(C)C2. The Balaban J connectivity index is 2.61. The molecule has 1 N–H and O–H groups in total. The summed E-state index contributed by atoms with van der Waals surface area (Å²) in [4.78, 5) is 11.7. The van der Waals surface area contributed by atoms with Crippen LogP contribution in [0.5, 0.6) is 34.5 Å². The fourth-order valence-electron chi connectivity index (χ4n) is 4.48. The van der Waals surface area contributed by atoms with Crippen LogP contribution >= 0.6 is 0 Å². The zero-order valence-corrected chi connectivity index (χ0v) is 19.4. The second kappa shape index (κ2) is 9.02. The van der Waals surface area contributed by atoms with E-state index in [-0.39, 0.29) is 40.3 Å². The Morgan fingerprint density at radius 1 is 0.844 bits per heavy atom. The number of nitro groups is 1. The first-order valence-electron chi connectivity index (χ1n) is 10.2. The summed E-state index contributed by atoms with van der Waals surface area (Å²) in [6.07, 6.45) is 1.01. The summed E-state index contributed by atoms with van der Waals surface area (Å²) in [5.74, 6) is 0.909.